The lowest BCUT2D eigenvalue weighted by Crippen LogP contribution is -2.55. The van der Waals surface area contributed by atoms with E-state index in [1.54, 1.807) is 12.1 Å². The van der Waals surface area contributed by atoms with Gasteiger partial charge in [0.25, 0.3) is 11.8 Å². The number of phenolic OH excluding ortho intramolecular Hbond substituents is 1. The number of phenols is 1. The third-order valence-corrected chi connectivity index (χ3v) is 4.68. The Morgan fingerprint density at radius 2 is 2.03 bits per heavy atom. The van der Waals surface area contributed by atoms with E-state index in [4.69, 9.17) is 4.74 Å². The molecule has 0 aliphatic carbocycles. The monoisotopic (exact) mass is 404 g/mol. The van der Waals surface area contributed by atoms with Crippen LogP contribution in [0.25, 0.3) is 12.2 Å². The zero-order valence-electron chi connectivity index (χ0n) is 15.4. The van der Waals surface area contributed by atoms with Crippen molar-refractivity contribution in [1.82, 2.24) is 9.88 Å². The predicted molar refractivity (Wildman–Crippen MR) is 102 cm³/mol. The van der Waals surface area contributed by atoms with Gasteiger partial charge >= 0.3 is 0 Å². The van der Waals surface area contributed by atoms with Crippen LogP contribution in [-0.4, -0.2) is 46.0 Å². The summed E-state index contributed by atoms with van der Waals surface area (Å²) in [5.74, 6) is -5.84. The number of aromatic nitrogens is 1. The number of benzene rings is 1. The summed E-state index contributed by atoms with van der Waals surface area (Å²) < 4.78 is 48.3. The molecule has 0 spiro atoms. The second-order valence-electron chi connectivity index (χ2n) is 6.54. The Bertz CT molecular complexity index is 962. The molecule has 2 heterocycles. The molecule has 1 unspecified atom stereocenters. The zero-order valence-corrected chi connectivity index (χ0v) is 15.4. The number of hydrogen-bond donors (Lipinski definition) is 1. The van der Waals surface area contributed by atoms with Crippen LogP contribution >= 0.6 is 0 Å². The number of alkyl halides is 2. The number of rotatable bonds is 5. The van der Waals surface area contributed by atoms with Gasteiger partial charge in [-0.3, -0.25) is 4.79 Å². The largest absolute Gasteiger partial charge is 0.505 e. The first-order valence-electron chi connectivity index (χ1n) is 8.84. The number of carbonyl (C=O) groups is 1. The maximum atomic E-state index is 14.4. The van der Waals surface area contributed by atoms with E-state index in [-0.39, 0.29) is 12.4 Å². The quantitative estimate of drug-likeness (QED) is 0.814. The fourth-order valence-electron chi connectivity index (χ4n) is 3.05. The first kappa shape index (κ1) is 20.4. The molecule has 1 amide bonds. The first-order chi connectivity index (χ1) is 13.8. The van der Waals surface area contributed by atoms with Gasteiger partial charge in [0.15, 0.2) is 17.7 Å². The zero-order chi connectivity index (χ0) is 21.2. The molecular formula is C21H19F3N2O3. The summed E-state index contributed by atoms with van der Waals surface area (Å²) in [5, 5.41) is 9.46. The third-order valence-electron chi connectivity index (χ3n) is 4.68. The van der Waals surface area contributed by atoms with Crippen molar-refractivity contribution >= 4 is 18.1 Å². The van der Waals surface area contributed by atoms with Gasteiger partial charge in [0.1, 0.15) is 0 Å². The van der Waals surface area contributed by atoms with E-state index in [9.17, 15) is 23.1 Å². The van der Waals surface area contributed by atoms with Crippen molar-refractivity contribution in [1.29, 1.82) is 0 Å². The second-order valence-corrected chi connectivity index (χ2v) is 6.54. The van der Waals surface area contributed by atoms with Crippen molar-refractivity contribution in [2.24, 2.45) is 0 Å². The Morgan fingerprint density at radius 3 is 2.72 bits per heavy atom. The molecule has 1 atom stereocenters. The third kappa shape index (κ3) is 4.11. The molecule has 1 saturated heterocycles. The Hall–Kier alpha value is -3.29. The van der Waals surface area contributed by atoms with Gasteiger partial charge in [-0.05, 0) is 29.8 Å². The minimum absolute atomic E-state index is 0.0481. The molecule has 29 heavy (non-hydrogen) atoms. The number of hydrogen-bond acceptors (Lipinski definition) is 4. The van der Waals surface area contributed by atoms with E-state index in [0.29, 0.717) is 11.3 Å². The number of pyridine rings is 1. The topological polar surface area (TPSA) is 62.7 Å². The number of likely N-dealkylation sites (tertiary alicyclic amines) is 1. The van der Waals surface area contributed by atoms with Gasteiger partial charge < -0.3 is 14.7 Å². The summed E-state index contributed by atoms with van der Waals surface area (Å²) in [7, 11) is 0. The van der Waals surface area contributed by atoms with Crippen LogP contribution in [0.5, 0.6) is 11.6 Å². The highest BCUT2D eigenvalue weighted by Crippen LogP contribution is 2.33. The summed E-state index contributed by atoms with van der Waals surface area (Å²) >= 11 is 0. The summed E-state index contributed by atoms with van der Waals surface area (Å²) in [4.78, 5) is 17.8. The molecule has 1 aromatic carbocycles. The highest BCUT2D eigenvalue weighted by atomic mass is 19.3. The van der Waals surface area contributed by atoms with Gasteiger partial charge in [-0.15, -0.1) is 0 Å². The highest BCUT2D eigenvalue weighted by molar-refractivity contribution is 5.95. The Kier molecular flexibility index (Phi) is 5.63. The van der Waals surface area contributed by atoms with Crippen LogP contribution in [0.2, 0.25) is 0 Å². The maximum Gasteiger partial charge on any atom is 0.287 e. The average Bonchev–Trinajstić information content (AvgIpc) is 2.71. The van der Waals surface area contributed by atoms with Gasteiger partial charge in [-0.1, -0.05) is 25.3 Å². The molecule has 0 saturated carbocycles. The standard InChI is InChI=1S/C21H19F3N2O3/c1-3-13-8-9-18(25-15(13)4-2)29-17-12-26(11-10-21(17,23)24)20(28)14-6-5-7-16(27)19(14)22/h3-9,17,27H,1-2,10-12H2. The van der Waals surface area contributed by atoms with Gasteiger partial charge in [-0.2, -0.15) is 0 Å². The number of amides is 1. The molecule has 0 radical (unpaired) electrons. The van der Waals surface area contributed by atoms with Crippen LogP contribution in [0, 0.1) is 5.82 Å². The average molecular weight is 404 g/mol. The van der Waals surface area contributed by atoms with Crippen LogP contribution < -0.4 is 4.74 Å². The van der Waals surface area contributed by atoms with Crippen LogP contribution in [-0.2, 0) is 0 Å². The Labute approximate surface area is 165 Å². The van der Waals surface area contributed by atoms with Gasteiger partial charge in [0.05, 0.1) is 17.8 Å². The molecule has 3 rings (SSSR count). The number of carbonyl (C=O) groups excluding carboxylic acids is 1. The first-order valence-corrected chi connectivity index (χ1v) is 8.84. The van der Waals surface area contributed by atoms with Crippen molar-refractivity contribution in [3.8, 4) is 11.6 Å². The molecule has 1 aliphatic rings. The normalized spacial score (nSPS) is 18.2. The molecule has 5 nitrogen and oxygen atoms in total. The van der Waals surface area contributed by atoms with Crippen molar-refractivity contribution < 1.29 is 27.8 Å². The lowest BCUT2D eigenvalue weighted by atomic mass is 10.0. The van der Waals surface area contributed by atoms with E-state index in [1.807, 2.05) is 0 Å². The number of halogens is 3. The van der Waals surface area contributed by atoms with Crippen LogP contribution in [0.15, 0.2) is 43.5 Å². The van der Waals surface area contributed by atoms with Gasteiger partial charge in [0.2, 0.25) is 5.88 Å². The number of piperidine rings is 1. The second kappa shape index (κ2) is 7.98. The SMILES string of the molecule is C=Cc1ccc(OC2CN(C(=O)c3cccc(O)c3F)CCC2(F)F)nc1C=C. The van der Waals surface area contributed by atoms with E-state index in [2.05, 4.69) is 18.1 Å². The summed E-state index contributed by atoms with van der Waals surface area (Å²) in [6, 6.07) is 6.62. The van der Waals surface area contributed by atoms with E-state index >= 15 is 0 Å². The molecule has 152 valence electrons. The lowest BCUT2D eigenvalue weighted by Gasteiger charge is -2.38. The molecule has 1 aromatic heterocycles. The molecule has 2 aromatic rings. The fourth-order valence-corrected chi connectivity index (χ4v) is 3.05. The van der Waals surface area contributed by atoms with E-state index < -0.39 is 48.0 Å². The summed E-state index contributed by atoms with van der Waals surface area (Å²) in [6.07, 6.45) is 0.680. The smallest absolute Gasteiger partial charge is 0.287 e. The Balaban J connectivity index is 1.83. The molecule has 8 heteroatoms. The summed E-state index contributed by atoms with van der Waals surface area (Å²) in [5.41, 5.74) is 0.696. The maximum absolute atomic E-state index is 14.4. The van der Waals surface area contributed by atoms with Crippen molar-refractivity contribution in [2.75, 3.05) is 13.1 Å². The molecule has 1 fully saturated rings. The van der Waals surface area contributed by atoms with Crippen molar-refractivity contribution in [2.45, 2.75) is 18.4 Å². The number of nitrogens with zero attached hydrogens (tertiary/aromatic N) is 2. The van der Waals surface area contributed by atoms with Crippen LogP contribution in [0.4, 0.5) is 13.2 Å². The molecular weight excluding hydrogens is 385 g/mol. The minimum Gasteiger partial charge on any atom is -0.505 e. The summed E-state index contributed by atoms with van der Waals surface area (Å²) in [6.45, 7) is 6.52. The van der Waals surface area contributed by atoms with Gasteiger partial charge in [-0.25, -0.2) is 18.2 Å². The molecule has 1 aliphatic heterocycles. The van der Waals surface area contributed by atoms with Crippen molar-refractivity contribution in [3.63, 3.8) is 0 Å². The highest BCUT2D eigenvalue weighted by Gasteiger charge is 2.47. The fraction of sp³-hybridized carbons (Fsp3) is 0.238. The lowest BCUT2D eigenvalue weighted by molar-refractivity contribution is -0.131. The Morgan fingerprint density at radius 1 is 1.28 bits per heavy atom. The van der Waals surface area contributed by atoms with Gasteiger partial charge in [0, 0.05) is 19.0 Å². The predicted octanol–water partition coefficient (Wildman–Crippen LogP) is 4.14. The van der Waals surface area contributed by atoms with E-state index in [1.165, 1.54) is 24.3 Å². The number of aromatic hydroxyl groups is 1. The van der Waals surface area contributed by atoms with E-state index in [0.717, 1.165) is 11.0 Å². The van der Waals surface area contributed by atoms with Crippen molar-refractivity contribution in [3.05, 3.63) is 66.1 Å². The van der Waals surface area contributed by atoms with Crippen LogP contribution in [0.1, 0.15) is 28.0 Å². The molecule has 0 bridgehead atoms. The van der Waals surface area contributed by atoms with Crippen LogP contribution in [0.3, 0.4) is 0 Å². The minimum atomic E-state index is -3.21. The molecule has 1 N–H and O–H groups in total. The number of ether oxygens (including phenoxy) is 1.